The first-order valence-corrected chi connectivity index (χ1v) is 11.0. The van der Waals surface area contributed by atoms with E-state index in [1.807, 2.05) is 18.2 Å². The van der Waals surface area contributed by atoms with Crippen molar-refractivity contribution in [2.45, 2.75) is 44.2 Å². The molecule has 1 aromatic carbocycles. The van der Waals surface area contributed by atoms with Crippen LogP contribution in [0.1, 0.15) is 53.0 Å². The second-order valence-corrected chi connectivity index (χ2v) is 8.96. The number of carbonyl (C=O) groups excluding carboxylic acids is 3. The normalized spacial score (nSPS) is 23.0. The van der Waals surface area contributed by atoms with Gasteiger partial charge in [-0.15, -0.1) is 0 Å². The van der Waals surface area contributed by atoms with Gasteiger partial charge in [-0.1, -0.05) is 31.0 Å². The van der Waals surface area contributed by atoms with Crippen molar-refractivity contribution < 1.29 is 14.4 Å². The van der Waals surface area contributed by atoms with Crippen molar-refractivity contribution in [1.82, 2.24) is 20.3 Å². The Hall–Kier alpha value is -2.61. The lowest BCUT2D eigenvalue weighted by Gasteiger charge is -2.33. The summed E-state index contributed by atoms with van der Waals surface area (Å²) in [6, 6.07) is 10.2. The number of rotatable bonds is 3. The number of hydrogen-bond acceptors (Lipinski definition) is 3. The molecule has 1 saturated heterocycles. The van der Waals surface area contributed by atoms with E-state index >= 15 is 0 Å². The highest BCUT2D eigenvalue weighted by atomic mass is 79.9. The zero-order valence-electron chi connectivity index (χ0n) is 16.8. The van der Waals surface area contributed by atoms with Crippen LogP contribution in [0.5, 0.6) is 0 Å². The van der Waals surface area contributed by atoms with Crippen LogP contribution in [0.3, 0.4) is 0 Å². The van der Waals surface area contributed by atoms with Gasteiger partial charge in [0.15, 0.2) is 0 Å². The summed E-state index contributed by atoms with van der Waals surface area (Å²) < 4.78 is 2.45. The molecule has 0 spiro atoms. The predicted octanol–water partition coefficient (Wildman–Crippen LogP) is 3.02. The first-order chi connectivity index (χ1) is 14.5. The van der Waals surface area contributed by atoms with Crippen molar-refractivity contribution in [3.63, 3.8) is 0 Å². The molecule has 158 valence electrons. The Kier molecular flexibility index (Phi) is 5.94. The molecule has 2 heterocycles. The molecule has 2 aliphatic rings. The van der Waals surface area contributed by atoms with Crippen molar-refractivity contribution in [2.24, 2.45) is 13.0 Å². The van der Waals surface area contributed by atoms with E-state index < -0.39 is 11.9 Å². The zero-order valence-corrected chi connectivity index (χ0v) is 18.4. The first-order valence-electron chi connectivity index (χ1n) is 10.3. The number of benzene rings is 1. The van der Waals surface area contributed by atoms with Crippen LogP contribution in [0.15, 0.2) is 47.1 Å². The SMILES string of the molecule is Cn1cc(Br)cc1C(=O)NNC(=O)C1CC2CCCCC2N1C(=O)c1ccccc1. The summed E-state index contributed by atoms with van der Waals surface area (Å²) in [6.45, 7) is 0. The number of nitrogens with one attached hydrogen (secondary N) is 2. The topological polar surface area (TPSA) is 83.4 Å². The Balaban J connectivity index is 1.50. The minimum Gasteiger partial charge on any atom is -0.345 e. The number of halogens is 1. The van der Waals surface area contributed by atoms with Gasteiger partial charge in [0.05, 0.1) is 0 Å². The smallest absolute Gasteiger partial charge is 0.286 e. The molecule has 3 unspecified atom stereocenters. The lowest BCUT2D eigenvalue weighted by molar-refractivity contribution is -0.126. The summed E-state index contributed by atoms with van der Waals surface area (Å²) in [6.07, 6.45) is 6.52. The third-order valence-corrected chi connectivity index (χ3v) is 6.58. The minimum atomic E-state index is -0.591. The summed E-state index contributed by atoms with van der Waals surface area (Å²) in [5.41, 5.74) is 6.04. The Bertz CT molecular complexity index is 959. The predicted molar refractivity (Wildman–Crippen MR) is 115 cm³/mol. The van der Waals surface area contributed by atoms with Crippen LogP contribution in [0.2, 0.25) is 0 Å². The third kappa shape index (κ3) is 4.01. The Labute approximate surface area is 183 Å². The second kappa shape index (κ2) is 8.63. The molecule has 4 rings (SSSR count). The number of likely N-dealkylation sites (tertiary alicyclic amines) is 1. The number of amides is 3. The number of hydrogen-bond donors (Lipinski definition) is 2. The minimum absolute atomic E-state index is 0.0711. The van der Waals surface area contributed by atoms with Crippen LogP contribution in [-0.2, 0) is 11.8 Å². The van der Waals surface area contributed by atoms with Gasteiger partial charge in [0, 0.05) is 29.3 Å². The van der Waals surface area contributed by atoms with Gasteiger partial charge >= 0.3 is 0 Å². The quantitative estimate of drug-likeness (QED) is 0.673. The monoisotopic (exact) mass is 472 g/mol. The Morgan fingerprint density at radius 1 is 1.07 bits per heavy atom. The van der Waals surface area contributed by atoms with Crippen LogP contribution in [-0.4, -0.2) is 39.3 Å². The molecule has 8 heteroatoms. The van der Waals surface area contributed by atoms with Gasteiger partial charge in [0.25, 0.3) is 17.7 Å². The number of aromatic nitrogens is 1. The van der Waals surface area contributed by atoms with E-state index in [9.17, 15) is 14.4 Å². The van der Waals surface area contributed by atoms with Crippen LogP contribution >= 0.6 is 15.9 Å². The zero-order chi connectivity index (χ0) is 21.3. The van der Waals surface area contributed by atoms with Crippen molar-refractivity contribution in [3.05, 3.63) is 58.3 Å². The molecule has 1 aromatic heterocycles. The van der Waals surface area contributed by atoms with Crippen LogP contribution in [0.4, 0.5) is 0 Å². The lowest BCUT2D eigenvalue weighted by atomic mass is 9.84. The lowest BCUT2D eigenvalue weighted by Crippen LogP contribution is -2.53. The first kappa shape index (κ1) is 20.7. The highest BCUT2D eigenvalue weighted by Gasteiger charge is 2.47. The number of nitrogens with zero attached hydrogens (tertiary/aromatic N) is 2. The number of aryl methyl sites for hydroxylation is 1. The summed E-state index contributed by atoms with van der Waals surface area (Å²) >= 11 is 3.33. The summed E-state index contributed by atoms with van der Waals surface area (Å²) in [7, 11) is 1.75. The van der Waals surface area contributed by atoms with E-state index in [-0.39, 0.29) is 17.9 Å². The van der Waals surface area contributed by atoms with Gasteiger partial charge in [0.2, 0.25) is 0 Å². The largest absolute Gasteiger partial charge is 0.345 e. The molecule has 7 nitrogen and oxygen atoms in total. The summed E-state index contributed by atoms with van der Waals surface area (Å²) in [4.78, 5) is 40.5. The maximum Gasteiger partial charge on any atom is 0.286 e. The molecule has 0 radical (unpaired) electrons. The van der Waals surface area contributed by atoms with Crippen molar-refractivity contribution >= 4 is 33.7 Å². The molecule has 0 bridgehead atoms. The van der Waals surface area contributed by atoms with E-state index in [0.29, 0.717) is 23.6 Å². The van der Waals surface area contributed by atoms with E-state index in [2.05, 4.69) is 26.8 Å². The Morgan fingerprint density at radius 2 is 1.80 bits per heavy atom. The van der Waals surface area contributed by atoms with Crippen molar-refractivity contribution in [2.75, 3.05) is 0 Å². The number of hydrazine groups is 1. The van der Waals surface area contributed by atoms with Gasteiger partial charge in [-0.2, -0.15) is 0 Å². The molecule has 1 aliphatic carbocycles. The van der Waals surface area contributed by atoms with Gasteiger partial charge in [-0.25, -0.2) is 0 Å². The summed E-state index contributed by atoms with van der Waals surface area (Å²) in [5.74, 6) is -0.562. The standard InChI is InChI=1S/C22H25BrN4O3/c1-26-13-16(23)12-18(26)20(28)24-25-21(29)19-11-15-9-5-6-10-17(15)27(19)22(30)14-7-3-2-4-8-14/h2-4,7-8,12-13,15,17,19H,5-6,9-11H2,1H3,(H,24,28)(H,25,29). The fraction of sp³-hybridized carbons (Fsp3) is 0.409. The van der Waals surface area contributed by atoms with Crippen molar-refractivity contribution in [1.29, 1.82) is 0 Å². The van der Waals surface area contributed by atoms with E-state index in [4.69, 9.17) is 0 Å². The van der Waals surface area contributed by atoms with E-state index in [0.717, 1.165) is 30.2 Å². The average molecular weight is 473 g/mol. The maximum absolute atomic E-state index is 13.3. The number of carbonyl (C=O) groups is 3. The van der Waals surface area contributed by atoms with E-state index in [1.165, 1.54) is 0 Å². The van der Waals surface area contributed by atoms with E-state index in [1.54, 1.807) is 40.9 Å². The molecule has 2 aromatic rings. The highest BCUT2D eigenvalue weighted by Crippen LogP contribution is 2.40. The van der Waals surface area contributed by atoms with Gasteiger partial charge in [-0.3, -0.25) is 25.2 Å². The molecule has 3 atom stereocenters. The molecular weight excluding hydrogens is 448 g/mol. The molecule has 2 fully saturated rings. The van der Waals surface area contributed by atoms with Gasteiger partial charge in [-0.05, 0) is 59.3 Å². The molecule has 3 amide bonds. The third-order valence-electron chi connectivity index (χ3n) is 6.15. The molecular formula is C22H25BrN4O3. The second-order valence-electron chi connectivity index (χ2n) is 8.04. The molecule has 1 saturated carbocycles. The molecule has 2 N–H and O–H groups in total. The fourth-order valence-corrected chi connectivity index (χ4v) is 5.26. The molecule has 1 aliphatic heterocycles. The Morgan fingerprint density at radius 3 is 2.50 bits per heavy atom. The van der Waals surface area contributed by atoms with Crippen LogP contribution < -0.4 is 10.9 Å². The summed E-state index contributed by atoms with van der Waals surface area (Å²) in [5, 5.41) is 0. The van der Waals surface area contributed by atoms with Gasteiger partial charge in [0.1, 0.15) is 11.7 Å². The maximum atomic E-state index is 13.3. The van der Waals surface area contributed by atoms with Crippen LogP contribution in [0.25, 0.3) is 0 Å². The molecule has 30 heavy (non-hydrogen) atoms. The number of fused-ring (bicyclic) bond motifs is 1. The van der Waals surface area contributed by atoms with Gasteiger partial charge < -0.3 is 9.47 Å². The highest BCUT2D eigenvalue weighted by molar-refractivity contribution is 9.10. The van der Waals surface area contributed by atoms with Crippen LogP contribution in [0, 0.1) is 5.92 Å². The van der Waals surface area contributed by atoms with Crippen molar-refractivity contribution in [3.8, 4) is 0 Å². The average Bonchev–Trinajstić information content (AvgIpc) is 3.31. The fourth-order valence-electron chi connectivity index (χ4n) is 4.73.